The monoisotopic (exact) mass is 409 g/mol. The van der Waals surface area contributed by atoms with Crippen LogP contribution in [0.5, 0.6) is 5.75 Å². The molecular formula is C20H20ClN7O. The van der Waals surface area contributed by atoms with E-state index in [4.69, 9.17) is 16.3 Å². The van der Waals surface area contributed by atoms with Gasteiger partial charge in [-0.25, -0.2) is 9.67 Å². The van der Waals surface area contributed by atoms with Gasteiger partial charge in [0.1, 0.15) is 5.75 Å². The van der Waals surface area contributed by atoms with E-state index < -0.39 is 0 Å². The molecule has 29 heavy (non-hydrogen) atoms. The highest BCUT2D eigenvalue weighted by Gasteiger charge is 2.25. The van der Waals surface area contributed by atoms with E-state index in [0.717, 1.165) is 52.8 Å². The van der Waals surface area contributed by atoms with Crippen molar-refractivity contribution >= 4 is 45.0 Å². The number of methoxy groups -OCH3 is 1. The van der Waals surface area contributed by atoms with E-state index in [0.29, 0.717) is 23.1 Å². The van der Waals surface area contributed by atoms with Gasteiger partial charge in [0.25, 0.3) is 0 Å². The fourth-order valence-electron chi connectivity index (χ4n) is 3.51. The summed E-state index contributed by atoms with van der Waals surface area (Å²) in [5, 5.41) is 20.4. The van der Waals surface area contributed by atoms with Crippen LogP contribution in [0.15, 0.2) is 30.6 Å². The van der Waals surface area contributed by atoms with Crippen molar-refractivity contribution in [3.63, 3.8) is 0 Å². The molecule has 0 saturated carbocycles. The van der Waals surface area contributed by atoms with Crippen LogP contribution in [-0.2, 0) is 13.1 Å². The van der Waals surface area contributed by atoms with E-state index in [1.54, 1.807) is 7.11 Å². The van der Waals surface area contributed by atoms with Crippen molar-refractivity contribution < 1.29 is 4.74 Å². The lowest BCUT2D eigenvalue weighted by atomic mass is 10.1. The lowest BCUT2D eigenvalue weighted by Gasteiger charge is -2.13. The quantitative estimate of drug-likeness (QED) is 0.488. The second-order valence-electron chi connectivity index (χ2n) is 6.93. The van der Waals surface area contributed by atoms with E-state index in [2.05, 4.69) is 37.4 Å². The maximum atomic E-state index is 6.26. The Labute approximate surface area is 172 Å². The Bertz CT molecular complexity index is 1220. The molecule has 9 heteroatoms. The molecular weight excluding hydrogens is 390 g/mol. The van der Waals surface area contributed by atoms with Gasteiger partial charge < -0.3 is 15.0 Å². The highest BCUT2D eigenvalue weighted by molar-refractivity contribution is 6.32. The molecule has 148 valence electrons. The molecule has 0 radical (unpaired) electrons. The van der Waals surface area contributed by atoms with Crippen LogP contribution < -0.4 is 15.0 Å². The smallest absolute Gasteiger partial charge is 0.161 e. The number of nitrogens with one attached hydrogen (secondary N) is 1. The first kappa shape index (κ1) is 17.9. The maximum Gasteiger partial charge on any atom is 0.161 e. The molecule has 8 nitrogen and oxygen atoms in total. The number of pyridine rings is 1. The summed E-state index contributed by atoms with van der Waals surface area (Å²) in [7, 11) is 1.61. The summed E-state index contributed by atoms with van der Waals surface area (Å²) >= 11 is 6.26. The Hall–Kier alpha value is -3.13. The third-order valence-electron chi connectivity index (χ3n) is 5.11. The predicted octanol–water partition coefficient (Wildman–Crippen LogP) is 3.49. The number of aromatic nitrogens is 5. The second-order valence-corrected chi connectivity index (χ2v) is 7.33. The van der Waals surface area contributed by atoms with Crippen LogP contribution in [0.3, 0.4) is 0 Å². The molecule has 4 aromatic rings. The number of hydrogen-bond donors (Lipinski definition) is 1. The predicted molar refractivity (Wildman–Crippen MR) is 114 cm³/mol. The molecule has 0 amide bonds. The first-order valence-electron chi connectivity index (χ1n) is 9.51. The van der Waals surface area contributed by atoms with Gasteiger partial charge in [0.2, 0.25) is 0 Å². The molecule has 5 rings (SSSR count). The number of aryl methyl sites for hydroxylation is 1. The molecule has 0 unspecified atom stereocenters. The Morgan fingerprint density at radius 3 is 2.76 bits per heavy atom. The van der Waals surface area contributed by atoms with Crippen molar-refractivity contribution in [2.24, 2.45) is 0 Å². The van der Waals surface area contributed by atoms with Gasteiger partial charge in [-0.15, -0.1) is 10.2 Å². The molecule has 1 N–H and O–H groups in total. The second kappa shape index (κ2) is 7.04. The topological polar surface area (TPSA) is 80.8 Å². The molecule has 3 aromatic heterocycles. The van der Waals surface area contributed by atoms with E-state index in [-0.39, 0.29) is 0 Å². The van der Waals surface area contributed by atoms with Gasteiger partial charge in [-0.2, -0.15) is 5.10 Å². The lowest BCUT2D eigenvalue weighted by Crippen LogP contribution is -2.07. The average molecular weight is 410 g/mol. The van der Waals surface area contributed by atoms with Crippen LogP contribution in [0.25, 0.3) is 21.8 Å². The van der Waals surface area contributed by atoms with Crippen LogP contribution in [-0.4, -0.2) is 45.2 Å². The number of benzene rings is 1. The zero-order chi connectivity index (χ0) is 20.0. The molecule has 0 spiro atoms. The molecule has 0 atom stereocenters. The molecule has 1 aliphatic rings. The van der Waals surface area contributed by atoms with Gasteiger partial charge in [-0.3, -0.25) is 0 Å². The van der Waals surface area contributed by atoms with Crippen LogP contribution >= 0.6 is 11.6 Å². The van der Waals surface area contributed by atoms with E-state index in [1.807, 2.05) is 35.3 Å². The third kappa shape index (κ3) is 3.09. The molecule has 1 fully saturated rings. The molecule has 1 aliphatic heterocycles. The van der Waals surface area contributed by atoms with Crippen molar-refractivity contribution in [1.82, 2.24) is 25.0 Å². The summed E-state index contributed by atoms with van der Waals surface area (Å²) in [5.41, 5.74) is 1.87. The largest absolute Gasteiger partial charge is 0.495 e. The standard InChI is InChI=1S/C20H20ClN7O/c1-3-28-19-14(11-24-28)17-13(10-23-19)20(27-6-7-27)26-25-18(17)22-9-12-4-5-16(29-2)15(21)8-12/h4-5,8,10-11H,3,6-7,9H2,1-2H3,(H,22,25). The van der Waals surface area contributed by atoms with Gasteiger partial charge in [0.15, 0.2) is 17.3 Å². The van der Waals surface area contributed by atoms with Crippen molar-refractivity contribution in [1.29, 1.82) is 0 Å². The molecule has 4 heterocycles. The number of anilines is 2. The lowest BCUT2D eigenvalue weighted by molar-refractivity contribution is 0.415. The van der Waals surface area contributed by atoms with E-state index in [9.17, 15) is 0 Å². The zero-order valence-corrected chi connectivity index (χ0v) is 16.9. The summed E-state index contributed by atoms with van der Waals surface area (Å²) in [5.74, 6) is 2.24. The Morgan fingerprint density at radius 1 is 1.17 bits per heavy atom. The van der Waals surface area contributed by atoms with Gasteiger partial charge in [-0.1, -0.05) is 17.7 Å². The van der Waals surface area contributed by atoms with Gasteiger partial charge in [0, 0.05) is 43.1 Å². The maximum absolute atomic E-state index is 6.26. The summed E-state index contributed by atoms with van der Waals surface area (Å²) in [4.78, 5) is 6.83. The number of rotatable bonds is 6. The Balaban J connectivity index is 1.58. The first-order valence-corrected chi connectivity index (χ1v) is 9.89. The summed E-state index contributed by atoms with van der Waals surface area (Å²) in [6.45, 7) is 5.35. The SMILES string of the molecule is CCn1ncc2c3c(NCc4ccc(OC)c(Cl)c4)nnc(N4CC4)c3cnc21. The van der Waals surface area contributed by atoms with E-state index in [1.165, 1.54) is 0 Å². The summed E-state index contributed by atoms with van der Waals surface area (Å²) < 4.78 is 7.12. The van der Waals surface area contributed by atoms with Crippen LogP contribution in [0, 0.1) is 0 Å². The first-order chi connectivity index (χ1) is 14.2. The molecule has 0 aliphatic carbocycles. The number of hydrogen-bond acceptors (Lipinski definition) is 7. The number of fused-ring (bicyclic) bond motifs is 3. The third-order valence-corrected chi connectivity index (χ3v) is 5.41. The van der Waals surface area contributed by atoms with Crippen molar-refractivity contribution in [2.75, 3.05) is 30.4 Å². The fourth-order valence-corrected chi connectivity index (χ4v) is 3.79. The van der Waals surface area contributed by atoms with Gasteiger partial charge in [-0.05, 0) is 24.6 Å². The number of nitrogens with zero attached hydrogens (tertiary/aromatic N) is 6. The Morgan fingerprint density at radius 2 is 2.03 bits per heavy atom. The van der Waals surface area contributed by atoms with Crippen LogP contribution in [0.4, 0.5) is 11.6 Å². The number of ether oxygens (including phenoxy) is 1. The van der Waals surface area contributed by atoms with Crippen molar-refractivity contribution in [2.45, 2.75) is 20.0 Å². The number of halogens is 1. The average Bonchev–Trinajstić information content (AvgIpc) is 3.50. The van der Waals surface area contributed by atoms with Gasteiger partial charge in [0.05, 0.1) is 23.7 Å². The molecule has 1 aromatic carbocycles. The molecule has 1 saturated heterocycles. The highest BCUT2D eigenvalue weighted by atomic mass is 35.5. The van der Waals surface area contributed by atoms with Crippen LogP contribution in [0.1, 0.15) is 12.5 Å². The minimum atomic E-state index is 0.558. The summed E-state index contributed by atoms with van der Waals surface area (Å²) in [6, 6.07) is 5.73. The normalized spacial score (nSPS) is 13.3. The van der Waals surface area contributed by atoms with Crippen molar-refractivity contribution in [3.05, 3.63) is 41.2 Å². The van der Waals surface area contributed by atoms with Crippen molar-refractivity contribution in [3.8, 4) is 5.75 Å². The summed E-state index contributed by atoms with van der Waals surface area (Å²) in [6.07, 6.45) is 3.74. The minimum Gasteiger partial charge on any atom is -0.495 e. The van der Waals surface area contributed by atoms with E-state index >= 15 is 0 Å². The Kier molecular flexibility index (Phi) is 4.35. The zero-order valence-electron chi connectivity index (χ0n) is 16.2. The fraction of sp³-hybridized carbons (Fsp3) is 0.300. The highest BCUT2D eigenvalue weighted by Crippen LogP contribution is 2.35. The molecule has 0 bridgehead atoms. The minimum absolute atomic E-state index is 0.558. The van der Waals surface area contributed by atoms with Gasteiger partial charge >= 0.3 is 0 Å². The van der Waals surface area contributed by atoms with Crippen LogP contribution in [0.2, 0.25) is 5.02 Å².